The van der Waals surface area contributed by atoms with Gasteiger partial charge in [0.15, 0.2) is 5.65 Å². The molecule has 5 rings (SSSR count). The second-order valence-electron chi connectivity index (χ2n) is 8.67. The molecule has 188 valence electrons. The van der Waals surface area contributed by atoms with Gasteiger partial charge in [0.1, 0.15) is 0 Å². The molecule has 0 spiro atoms. The molecule has 2 aromatic heterocycles. The van der Waals surface area contributed by atoms with Crippen molar-refractivity contribution in [1.29, 1.82) is 0 Å². The number of carboxylic acids is 1. The number of nitrogens with zero attached hydrogens (tertiary/aromatic N) is 4. The summed E-state index contributed by atoms with van der Waals surface area (Å²) in [6.45, 7) is 1.84. The van der Waals surface area contributed by atoms with E-state index in [0.717, 1.165) is 30.3 Å². The number of pyridine rings is 1. The first kappa shape index (κ1) is 25.1. The number of hydrogen-bond acceptors (Lipinski definition) is 5. The van der Waals surface area contributed by atoms with Crippen LogP contribution in [0.15, 0.2) is 59.5 Å². The Kier molecular flexibility index (Phi) is 6.68. The van der Waals surface area contributed by atoms with Crippen molar-refractivity contribution in [2.75, 3.05) is 27.2 Å². The molecule has 2 aromatic carbocycles. The van der Waals surface area contributed by atoms with E-state index in [4.69, 9.17) is 14.9 Å². The highest BCUT2D eigenvalue weighted by molar-refractivity contribution is 6.02. The Bertz CT molecular complexity index is 1530. The number of aromatic nitrogens is 2. The van der Waals surface area contributed by atoms with Crippen molar-refractivity contribution >= 4 is 39.2 Å². The van der Waals surface area contributed by atoms with E-state index >= 15 is 0 Å². The normalized spacial score (nSPS) is 16.2. The van der Waals surface area contributed by atoms with Crippen molar-refractivity contribution in [3.63, 3.8) is 0 Å². The molecule has 0 radical (unpaired) electrons. The highest BCUT2D eigenvalue weighted by atomic mass is 19.4. The van der Waals surface area contributed by atoms with Crippen LogP contribution in [0.3, 0.4) is 0 Å². The summed E-state index contributed by atoms with van der Waals surface area (Å²) in [5.74, 6) is -2.86. The molecular weight excluding hydrogens is 477 g/mol. The van der Waals surface area contributed by atoms with E-state index in [1.807, 2.05) is 43.4 Å². The van der Waals surface area contributed by atoms with E-state index in [0.29, 0.717) is 22.1 Å². The molecule has 0 saturated carbocycles. The second kappa shape index (κ2) is 9.57. The average molecular weight is 500 g/mol. The second-order valence-corrected chi connectivity index (χ2v) is 8.67. The van der Waals surface area contributed by atoms with Gasteiger partial charge in [0.2, 0.25) is 0 Å². The SMILES string of the molecule is CN1CCC(N(C)C(=O)c2cccn3c(=O)c4cc5ccccc5cc4nc23)C1.O=C(O)C(F)(F)F. The number of rotatable bonds is 2. The Labute approximate surface area is 203 Å². The minimum absolute atomic E-state index is 0.101. The minimum Gasteiger partial charge on any atom is -0.475 e. The molecular formula is C25H23F3N4O4. The van der Waals surface area contributed by atoms with E-state index in [2.05, 4.69) is 11.9 Å². The van der Waals surface area contributed by atoms with E-state index in [1.165, 1.54) is 4.40 Å². The summed E-state index contributed by atoms with van der Waals surface area (Å²) < 4.78 is 33.2. The van der Waals surface area contributed by atoms with Crippen LogP contribution >= 0.6 is 0 Å². The van der Waals surface area contributed by atoms with E-state index in [1.54, 1.807) is 23.2 Å². The number of carbonyl (C=O) groups is 2. The Balaban J connectivity index is 0.000000384. The lowest BCUT2D eigenvalue weighted by molar-refractivity contribution is -0.192. The van der Waals surface area contributed by atoms with Gasteiger partial charge in [0.05, 0.1) is 16.5 Å². The minimum atomic E-state index is -5.08. The predicted octanol–water partition coefficient (Wildman–Crippen LogP) is 3.41. The number of alkyl halides is 3. The quantitative estimate of drug-likeness (QED) is 0.424. The van der Waals surface area contributed by atoms with Crippen molar-refractivity contribution in [2.45, 2.75) is 18.6 Å². The van der Waals surface area contributed by atoms with Gasteiger partial charge in [-0.2, -0.15) is 13.2 Å². The number of halogens is 3. The van der Waals surface area contributed by atoms with E-state index in [-0.39, 0.29) is 17.5 Å². The highest BCUT2D eigenvalue weighted by Crippen LogP contribution is 2.22. The van der Waals surface area contributed by atoms with Crippen LogP contribution in [-0.4, -0.2) is 75.6 Å². The Morgan fingerprint density at radius 3 is 2.33 bits per heavy atom. The van der Waals surface area contributed by atoms with Crippen LogP contribution in [-0.2, 0) is 4.79 Å². The molecule has 36 heavy (non-hydrogen) atoms. The smallest absolute Gasteiger partial charge is 0.475 e. The molecule has 1 aliphatic rings. The lowest BCUT2D eigenvalue weighted by atomic mass is 10.1. The predicted molar refractivity (Wildman–Crippen MR) is 128 cm³/mol. The van der Waals surface area contributed by atoms with Gasteiger partial charge in [-0.05, 0) is 55.1 Å². The fraction of sp³-hybridized carbons (Fsp3) is 0.280. The number of fused-ring (bicyclic) bond motifs is 3. The third kappa shape index (κ3) is 4.87. The number of aliphatic carboxylic acids is 1. The van der Waals surface area contributed by atoms with Gasteiger partial charge in [-0.1, -0.05) is 24.3 Å². The zero-order valence-corrected chi connectivity index (χ0v) is 19.5. The van der Waals surface area contributed by atoms with Crippen molar-refractivity contribution in [3.05, 3.63) is 70.6 Å². The monoisotopic (exact) mass is 500 g/mol. The highest BCUT2D eigenvalue weighted by Gasteiger charge is 2.38. The zero-order chi connectivity index (χ0) is 26.2. The van der Waals surface area contributed by atoms with Gasteiger partial charge in [0, 0.05) is 25.8 Å². The Morgan fingerprint density at radius 1 is 1.11 bits per heavy atom. The molecule has 1 N–H and O–H groups in total. The third-order valence-corrected chi connectivity index (χ3v) is 6.21. The van der Waals surface area contributed by atoms with Crippen LogP contribution in [0.4, 0.5) is 13.2 Å². The number of amides is 1. The number of hydrogen-bond donors (Lipinski definition) is 1. The zero-order valence-electron chi connectivity index (χ0n) is 19.5. The van der Waals surface area contributed by atoms with Crippen molar-refractivity contribution < 1.29 is 27.9 Å². The number of benzene rings is 2. The fourth-order valence-electron chi connectivity index (χ4n) is 4.26. The molecule has 4 aromatic rings. The summed E-state index contributed by atoms with van der Waals surface area (Å²) in [6.07, 6.45) is -2.45. The van der Waals surface area contributed by atoms with E-state index < -0.39 is 12.1 Å². The molecule has 1 amide bonds. The fourth-order valence-corrected chi connectivity index (χ4v) is 4.26. The first-order chi connectivity index (χ1) is 17.0. The van der Waals surface area contributed by atoms with Crippen LogP contribution in [0.5, 0.6) is 0 Å². The average Bonchev–Trinajstić information content (AvgIpc) is 3.28. The summed E-state index contributed by atoms with van der Waals surface area (Å²) in [7, 11) is 3.90. The molecule has 1 saturated heterocycles. The first-order valence-corrected chi connectivity index (χ1v) is 11.1. The maximum Gasteiger partial charge on any atom is 0.490 e. The lowest BCUT2D eigenvalue weighted by Gasteiger charge is -2.24. The van der Waals surface area contributed by atoms with Crippen LogP contribution < -0.4 is 5.56 Å². The molecule has 1 atom stereocenters. The van der Waals surface area contributed by atoms with Crippen molar-refractivity contribution in [2.24, 2.45) is 0 Å². The molecule has 1 aliphatic heterocycles. The van der Waals surface area contributed by atoms with E-state index in [9.17, 15) is 22.8 Å². The van der Waals surface area contributed by atoms with Crippen molar-refractivity contribution in [3.8, 4) is 0 Å². The summed E-state index contributed by atoms with van der Waals surface area (Å²) in [5, 5.41) is 9.69. The molecule has 1 unspecified atom stereocenters. The Morgan fingerprint density at radius 2 is 1.75 bits per heavy atom. The molecule has 1 fully saturated rings. The third-order valence-electron chi connectivity index (χ3n) is 6.21. The topological polar surface area (TPSA) is 95.2 Å². The molecule has 11 heteroatoms. The van der Waals surface area contributed by atoms with Gasteiger partial charge in [-0.25, -0.2) is 9.78 Å². The number of carbonyl (C=O) groups excluding carboxylic acids is 1. The maximum atomic E-state index is 13.3. The van der Waals surface area contributed by atoms with Gasteiger partial charge in [-0.15, -0.1) is 0 Å². The standard InChI is InChI=1S/C23H22N4O2.C2HF3O2/c1-25-11-9-17(14-25)26(2)22(28)18-8-5-10-27-21(18)24-20-13-16-7-4-3-6-15(16)12-19(20)23(27)29;3-2(4,5)1(6)7/h3-8,10,12-13,17H,9,11,14H2,1-2H3;(H,6,7). The summed E-state index contributed by atoms with van der Waals surface area (Å²) in [5.41, 5.74) is 1.31. The summed E-state index contributed by atoms with van der Waals surface area (Å²) in [4.78, 5) is 44.1. The van der Waals surface area contributed by atoms with Crippen molar-refractivity contribution in [1.82, 2.24) is 19.2 Å². The molecule has 3 heterocycles. The van der Waals surface area contributed by atoms with Crippen LogP contribution in [0.1, 0.15) is 16.8 Å². The summed E-state index contributed by atoms with van der Waals surface area (Å²) in [6, 6.07) is 15.4. The maximum absolute atomic E-state index is 13.3. The number of likely N-dealkylation sites (tertiary alicyclic amines) is 1. The number of carboxylic acid groups (broad SMARTS) is 1. The van der Waals surface area contributed by atoms with Crippen LogP contribution in [0, 0.1) is 0 Å². The molecule has 0 aliphatic carbocycles. The number of likely N-dealkylation sites (N-methyl/N-ethyl adjacent to an activating group) is 2. The lowest BCUT2D eigenvalue weighted by Crippen LogP contribution is -2.39. The summed E-state index contributed by atoms with van der Waals surface area (Å²) >= 11 is 0. The van der Waals surface area contributed by atoms with Crippen LogP contribution in [0.25, 0.3) is 27.3 Å². The van der Waals surface area contributed by atoms with Gasteiger partial charge in [0.25, 0.3) is 11.5 Å². The first-order valence-electron chi connectivity index (χ1n) is 11.1. The van der Waals surface area contributed by atoms with Gasteiger partial charge >= 0.3 is 12.1 Å². The van der Waals surface area contributed by atoms with Crippen LogP contribution in [0.2, 0.25) is 0 Å². The Hall–Kier alpha value is -3.99. The molecule has 8 nitrogen and oxygen atoms in total. The van der Waals surface area contributed by atoms with Gasteiger partial charge in [-0.3, -0.25) is 14.0 Å². The largest absolute Gasteiger partial charge is 0.490 e. The van der Waals surface area contributed by atoms with Gasteiger partial charge < -0.3 is 14.9 Å². The molecule has 0 bridgehead atoms.